The number of nitrogens with one attached hydrogen (secondary N) is 2. The van der Waals surface area contributed by atoms with Crippen molar-refractivity contribution in [2.75, 3.05) is 19.0 Å². The number of carbonyl (C=O) groups is 1. The average molecular weight is 393 g/mol. The van der Waals surface area contributed by atoms with Crippen LogP contribution in [0.15, 0.2) is 30.6 Å². The standard InChI is InChI=1S/C18H18ClFN4O3/c1-26-16-6-21-5-14(22-16)23-17-8-18(9-17,10-17)24-15(25)7-27-11-2-3-12(19)13(20)4-11/h2-6H,7-10H2,1H3,(H,22,23)(H,24,25). The van der Waals surface area contributed by atoms with Crippen molar-refractivity contribution < 1.29 is 18.7 Å². The first-order chi connectivity index (χ1) is 12.9. The first-order valence-electron chi connectivity index (χ1n) is 8.44. The van der Waals surface area contributed by atoms with Crippen molar-refractivity contribution in [2.45, 2.75) is 30.3 Å². The first-order valence-corrected chi connectivity index (χ1v) is 8.82. The molecule has 3 fully saturated rings. The summed E-state index contributed by atoms with van der Waals surface area (Å²) in [6.45, 7) is -0.176. The highest BCUT2D eigenvalue weighted by Crippen LogP contribution is 2.61. The van der Waals surface area contributed by atoms with Crippen LogP contribution in [0.2, 0.25) is 5.02 Å². The number of hydrogen-bond acceptors (Lipinski definition) is 6. The second kappa shape index (κ2) is 6.53. The molecule has 142 valence electrons. The summed E-state index contributed by atoms with van der Waals surface area (Å²) in [5.74, 6) is 0.550. The molecule has 0 unspecified atom stereocenters. The van der Waals surface area contributed by atoms with Crippen LogP contribution in [0.4, 0.5) is 10.2 Å². The molecule has 3 aliphatic carbocycles. The molecule has 1 amide bonds. The van der Waals surface area contributed by atoms with E-state index in [0.717, 1.165) is 25.3 Å². The van der Waals surface area contributed by atoms with E-state index in [1.807, 2.05) is 0 Å². The number of carbonyl (C=O) groups excluding carboxylic acids is 1. The maximum Gasteiger partial charge on any atom is 0.258 e. The molecule has 0 aliphatic heterocycles. The Kier molecular flexibility index (Phi) is 4.30. The predicted octanol–water partition coefficient (Wildman–Crippen LogP) is 2.56. The van der Waals surface area contributed by atoms with Gasteiger partial charge in [0.1, 0.15) is 17.4 Å². The van der Waals surface area contributed by atoms with Crippen molar-refractivity contribution in [2.24, 2.45) is 0 Å². The molecule has 27 heavy (non-hydrogen) atoms. The fourth-order valence-corrected chi connectivity index (χ4v) is 4.00. The quantitative estimate of drug-likeness (QED) is 0.753. The smallest absolute Gasteiger partial charge is 0.258 e. The van der Waals surface area contributed by atoms with Crippen molar-refractivity contribution in [1.82, 2.24) is 15.3 Å². The SMILES string of the molecule is COc1cncc(NC23CC(NC(=O)COc4ccc(Cl)c(F)c4)(C2)C3)n1. The minimum Gasteiger partial charge on any atom is -0.484 e. The van der Waals surface area contributed by atoms with Gasteiger partial charge in [-0.05, 0) is 31.4 Å². The third-order valence-corrected chi connectivity index (χ3v) is 5.22. The summed E-state index contributed by atoms with van der Waals surface area (Å²) < 4.78 is 23.8. The van der Waals surface area contributed by atoms with Crippen molar-refractivity contribution >= 4 is 23.3 Å². The zero-order valence-electron chi connectivity index (χ0n) is 14.6. The maximum absolute atomic E-state index is 13.4. The molecular weight excluding hydrogens is 375 g/mol. The number of anilines is 1. The molecule has 3 saturated carbocycles. The van der Waals surface area contributed by atoms with Crippen LogP contribution in [-0.2, 0) is 4.79 Å². The number of methoxy groups -OCH3 is 1. The van der Waals surface area contributed by atoms with Gasteiger partial charge in [-0.3, -0.25) is 9.78 Å². The number of rotatable bonds is 7. The van der Waals surface area contributed by atoms with E-state index in [9.17, 15) is 9.18 Å². The molecule has 0 atom stereocenters. The fourth-order valence-electron chi connectivity index (χ4n) is 3.88. The van der Waals surface area contributed by atoms with E-state index in [0.29, 0.717) is 11.7 Å². The van der Waals surface area contributed by atoms with Gasteiger partial charge in [-0.2, -0.15) is 4.98 Å². The minimum atomic E-state index is -0.581. The minimum absolute atomic E-state index is 0.0131. The third kappa shape index (κ3) is 3.49. The number of amides is 1. The predicted molar refractivity (Wildman–Crippen MR) is 96.6 cm³/mol. The van der Waals surface area contributed by atoms with Crippen LogP contribution in [0.3, 0.4) is 0 Å². The summed E-state index contributed by atoms with van der Waals surface area (Å²) in [5.41, 5.74) is -0.264. The van der Waals surface area contributed by atoms with E-state index in [-0.39, 0.29) is 34.4 Å². The Balaban J connectivity index is 1.25. The van der Waals surface area contributed by atoms with Crippen molar-refractivity contribution in [1.29, 1.82) is 0 Å². The van der Waals surface area contributed by atoms with E-state index in [2.05, 4.69) is 20.6 Å². The molecule has 0 spiro atoms. The van der Waals surface area contributed by atoms with Crippen LogP contribution >= 0.6 is 11.6 Å². The lowest BCUT2D eigenvalue weighted by molar-refractivity contribution is -0.135. The van der Waals surface area contributed by atoms with Crippen molar-refractivity contribution in [3.63, 3.8) is 0 Å². The highest BCUT2D eigenvalue weighted by molar-refractivity contribution is 6.30. The van der Waals surface area contributed by atoms with Gasteiger partial charge in [0.15, 0.2) is 6.61 Å². The van der Waals surface area contributed by atoms with Gasteiger partial charge >= 0.3 is 0 Å². The van der Waals surface area contributed by atoms with Gasteiger partial charge in [0.25, 0.3) is 5.91 Å². The Morgan fingerprint density at radius 2 is 2.07 bits per heavy atom. The zero-order valence-corrected chi connectivity index (χ0v) is 15.3. The van der Waals surface area contributed by atoms with Crippen LogP contribution in [-0.4, -0.2) is 40.7 Å². The van der Waals surface area contributed by atoms with Gasteiger partial charge in [-0.15, -0.1) is 0 Å². The van der Waals surface area contributed by atoms with Crippen LogP contribution < -0.4 is 20.1 Å². The summed E-state index contributed by atoms with van der Waals surface area (Å²) in [6, 6.07) is 4.07. The Bertz CT molecular complexity index is 875. The number of halogens is 2. The zero-order chi connectivity index (χ0) is 19.1. The summed E-state index contributed by atoms with van der Waals surface area (Å²) in [6.07, 6.45) is 5.61. The van der Waals surface area contributed by atoms with E-state index in [1.165, 1.54) is 12.1 Å². The Hall–Kier alpha value is -2.61. The molecule has 5 rings (SSSR count). The van der Waals surface area contributed by atoms with Crippen LogP contribution in [0.5, 0.6) is 11.6 Å². The third-order valence-electron chi connectivity index (χ3n) is 4.91. The highest BCUT2D eigenvalue weighted by atomic mass is 35.5. The van der Waals surface area contributed by atoms with Crippen LogP contribution in [0.25, 0.3) is 0 Å². The molecular formula is C18H18ClFN4O3. The second-order valence-electron chi connectivity index (χ2n) is 7.08. The summed E-state index contributed by atoms with van der Waals surface area (Å²) >= 11 is 5.62. The lowest BCUT2D eigenvalue weighted by Crippen LogP contribution is -2.81. The summed E-state index contributed by atoms with van der Waals surface area (Å²) in [5, 5.41) is 6.39. The molecule has 2 bridgehead atoms. The topological polar surface area (TPSA) is 85.4 Å². The van der Waals surface area contributed by atoms with Crippen molar-refractivity contribution in [3.8, 4) is 11.6 Å². The normalized spacial score (nSPS) is 25.0. The number of aromatic nitrogens is 2. The van der Waals surface area contributed by atoms with Crippen molar-refractivity contribution in [3.05, 3.63) is 41.4 Å². The van der Waals surface area contributed by atoms with Crippen LogP contribution in [0.1, 0.15) is 19.3 Å². The van der Waals surface area contributed by atoms with Gasteiger partial charge in [0, 0.05) is 17.1 Å². The Morgan fingerprint density at radius 3 is 2.78 bits per heavy atom. The molecule has 2 aromatic rings. The maximum atomic E-state index is 13.4. The Labute approximate surface area is 160 Å². The summed E-state index contributed by atoms with van der Waals surface area (Å²) in [7, 11) is 1.54. The largest absolute Gasteiger partial charge is 0.484 e. The van der Waals surface area contributed by atoms with E-state index >= 15 is 0 Å². The second-order valence-corrected chi connectivity index (χ2v) is 7.48. The number of nitrogens with zero attached hydrogens (tertiary/aromatic N) is 2. The lowest BCUT2D eigenvalue weighted by Gasteiger charge is -2.70. The van der Waals surface area contributed by atoms with E-state index < -0.39 is 5.82 Å². The lowest BCUT2D eigenvalue weighted by atomic mass is 9.44. The summed E-state index contributed by atoms with van der Waals surface area (Å²) in [4.78, 5) is 20.5. The van der Waals surface area contributed by atoms with Gasteiger partial charge in [0.2, 0.25) is 5.88 Å². The molecule has 0 saturated heterocycles. The molecule has 1 aromatic carbocycles. The van der Waals surface area contributed by atoms with Gasteiger partial charge < -0.3 is 20.1 Å². The molecule has 1 heterocycles. The number of ether oxygens (including phenoxy) is 2. The van der Waals surface area contributed by atoms with Gasteiger partial charge in [-0.25, -0.2) is 4.39 Å². The monoisotopic (exact) mass is 392 g/mol. The molecule has 1 aromatic heterocycles. The van der Waals surface area contributed by atoms with E-state index in [4.69, 9.17) is 21.1 Å². The highest BCUT2D eigenvalue weighted by Gasteiger charge is 2.68. The van der Waals surface area contributed by atoms with E-state index in [1.54, 1.807) is 19.5 Å². The van der Waals surface area contributed by atoms with Crippen LogP contribution in [0, 0.1) is 5.82 Å². The Morgan fingerprint density at radius 1 is 1.30 bits per heavy atom. The number of hydrogen-bond donors (Lipinski definition) is 2. The molecule has 7 nitrogen and oxygen atoms in total. The average Bonchev–Trinajstić information content (AvgIpc) is 2.60. The number of benzene rings is 1. The van der Waals surface area contributed by atoms with Gasteiger partial charge in [-0.1, -0.05) is 11.6 Å². The molecule has 2 N–H and O–H groups in total. The fraction of sp³-hybridized carbons (Fsp3) is 0.389. The molecule has 0 radical (unpaired) electrons. The molecule has 3 aliphatic rings. The van der Waals surface area contributed by atoms with Gasteiger partial charge in [0.05, 0.1) is 24.5 Å². The first kappa shape index (κ1) is 17.8. The molecule has 9 heteroatoms.